The van der Waals surface area contributed by atoms with Crippen molar-refractivity contribution in [3.8, 4) is 5.75 Å². The van der Waals surface area contributed by atoms with E-state index in [1.807, 2.05) is 0 Å². The lowest BCUT2D eigenvalue weighted by atomic mass is 9.89. The van der Waals surface area contributed by atoms with Gasteiger partial charge in [0.25, 0.3) is 5.56 Å². The van der Waals surface area contributed by atoms with Gasteiger partial charge in [0.05, 0.1) is 24.5 Å². The maximum absolute atomic E-state index is 13.1. The molecule has 6 rings (SSSR count). The first kappa shape index (κ1) is 25.8. The highest BCUT2D eigenvalue weighted by Gasteiger charge is 2.46. The molecule has 0 radical (unpaired) electrons. The van der Waals surface area contributed by atoms with Crippen molar-refractivity contribution in [2.24, 2.45) is 17.8 Å². The number of rotatable bonds is 8. The summed E-state index contributed by atoms with van der Waals surface area (Å²) in [5.74, 6) is 1.61. The smallest absolute Gasteiger partial charge is 0.406 e. The predicted molar refractivity (Wildman–Crippen MR) is 138 cm³/mol. The quantitative estimate of drug-likeness (QED) is 0.457. The Morgan fingerprint density at radius 3 is 2.42 bits per heavy atom. The highest BCUT2D eigenvalue weighted by molar-refractivity contribution is 6.32. The van der Waals surface area contributed by atoms with Crippen molar-refractivity contribution in [1.82, 2.24) is 9.78 Å². The number of hydrogen-bond acceptors (Lipinski definition) is 6. The molecule has 0 unspecified atom stereocenters. The van der Waals surface area contributed by atoms with E-state index in [1.165, 1.54) is 23.2 Å². The third-order valence-corrected chi connectivity index (χ3v) is 8.82. The summed E-state index contributed by atoms with van der Waals surface area (Å²) in [6.45, 7) is 2.32. The lowest BCUT2D eigenvalue weighted by Gasteiger charge is -2.39. The number of ether oxygens (including phenoxy) is 2. The highest BCUT2D eigenvalue weighted by atomic mass is 35.5. The molecule has 4 aliphatic rings. The number of alkyl halides is 3. The van der Waals surface area contributed by atoms with Gasteiger partial charge in [0.15, 0.2) is 0 Å². The largest absolute Gasteiger partial charge is 0.573 e. The van der Waals surface area contributed by atoms with Crippen molar-refractivity contribution in [2.75, 3.05) is 30.0 Å². The van der Waals surface area contributed by atoms with E-state index in [1.54, 1.807) is 18.3 Å². The van der Waals surface area contributed by atoms with Gasteiger partial charge >= 0.3 is 6.36 Å². The van der Waals surface area contributed by atoms with Gasteiger partial charge < -0.3 is 19.7 Å². The Hall–Kier alpha value is -2.46. The van der Waals surface area contributed by atoms with Crippen LogP contribution in [0.4, 0.5) is 24.5 Å². The number of halogens is 4. The molecule has 1 aliphatic heterocycles. The summed E-state index contributed by atoms with van der Waals surface area (Å²) in [4.78, 5) is 15.4. The average molecular weight is 553 g/mol. The molecule has 3 saturated carbocycles. The minimum atomic E-state index is -4.70. The van der Waals surface area contributed by atoms with Crippen molar-refractivity contribution in [3.63, 3.8) is 0 Å². The Kier molecular flexibility index (Phi) is 6.97. The molecule has 3 atom stereocenters. The molecule has 2 heterocycles. The molecule has 1 N–H and O–H groups in total. The molecule has 3 aliphatic carbocycles. The van der Waals surface area contributed by atoms with E-state index in [0.717, 1.165) is 64.0 Å². The van der Waals surface area contributed by atoms with Gasteiger partial charge in [-0.1, -0.05) is 11.6 Å². The second-order valence-corrected chi connectivity index (χ2v) is 11.5. The fourth-order valence-electron chi connectivity index (χ4n) is 6.29. The van der Waals surface area contributed by atoms with E-state index < -0.39 is 6.36 Å². The van der Waals surface area contributed by atoms with Crippen LogP contribution in [0.15, 0.2) is 35.3 Å². The van der Waals surface area contributed by atoms with Crippen molar-refractivity contribution in [2.45, 2.75) is 69.4 Å². The minimum absolute atomic E-state index is 0.0344. The van der Waals surface area contributed by atoms with Crippen LogP contribution in [0.3, 0.4) is 0 Å². The van der Waals surface area contributed by atoms with Crippen molar-refractivity contribution >= 4 is 23.0 Å². The van der Waals surface area contributed by atoms with Crippen molar-refractivity contribution in [3.05, 3.63) is 45.8 Å². The van der Waals surface area contributed by atoms with E-state index >= 15 is 0 Å². The number of nitrogens with zero attached hydrogens (tertiary/aromatic N) is 3. The number of hydrogen-bond donors (Lipinski definition) is 1. The van der Waals surface area contributed by atoms with Crippen LogP contribution >= 0.6 is 11.6 Å². The normalized spacial score (nSPS) is 28.9. The summed E-state index contributed by atoms with van der Waals surface area (Å²) in [5.41, 5.74) is 1.20. The van der Waals surface area contributed by atoms with E-state index in [0.29, 0.717) is 29.5 Å². The van der Waals surface area contributed by atoms with E-state index in [2.05, 4.69) is 20.1 Å². The first-order valence-electron chi connectivity index (χ1n) is 13.5. The van der Waals surface area contributed by atoms with Gasteiger partial charge in [-0.05, 0) is 81.0 Å². The molecule has 1 aromatic carbocycles. The van der Waals surface area contributed by atoms with Gasteiger partial charge in [0.2, 0.25) is 0 Å². The van der Waals surface area contributed by atoms with Crippen LogP contribution in [0.1, 0.15) is 51.0 Å². The zero-order chi connectivity index (χ0) is 26.4. The third-order valence-electron chi connectivity index (χ3n) is 8.46. The Morgan fingerprint density at radius 2 is 1.76 bits per heavy atom. The van der Waals surface area contributed by atoms with Crippen molar-refractivity contribution < 1.29 is 22.6 Å². The molecule has 38 heavy (non-hydrogen) atoms. The zero-order valence-corrected chi connectivity index (χ0v) is 21.8. The van der Waals surface area contributed by atoms with Crippen LogP contribution in [0.2, 0.25) is 5.02 Å². The summed E-state index contributed by atoms with van der Waals surface area (Å²) >= 11 is 6.49. The Morgan fingerprint density at radius 1 is 1.08 bits per heavy atom. The second-order valence-electron chi connectivity index (χ2n) is 11.1. The van der Waals surface area contributed by atoms with E-state index in [9.17, 15) is 18.0 Å². The van der Waals surface area contributed by atoms with Gasteiger partial charge in [-0.25, -0.2) is 4.68 Å². The molecule has 0 spiro atoms. The molecular formula is C27H32ClF3N4O3. The van der Waals surface area contributed by atoms with Gasteiger partial charge in [0, 0.05) is 36.8 Å². The van der Waals surface area contributed by atoms with Gasteiger partial charge in [-0.15, -0.1) is 13.2 Å². The molecule has 0 bridgehead atoms. The van der Waals surface area contributed by atoms with Gasteiger partial charge in [-0.3, -0.25) is 4.79 Å². The van der Waals surface area contributed by atoms with E-state index in [-0.39, 0.29) is 28.4 Å². The maximum atomic E-state index is 13.1. The number of benzene rings is 1. The molecule has 0 amide bonds. The van der Waals surface area contributed by atoms with Gasteiger partial charge in [-0.2, -0.15) is 5.10 Å². The molecular weight excluding hydrogens is 521 g/mol. The molecule has 1 saturated heterocycles. The Balaban J connectivity index is 1.08. The van der Waals surface area contributed by atoms with Crippen molar-refractivity contribution in [1.29, 1.82) is 0 Å². The minimum Gasteiger partial charge on any atom is -0.406 e. The molecule has 2 aromatic rings. The van der Waals surface area contributed by atoms with Crippen LogP contribution in [-0.4, -0.2) is 48.0 Å². The first-order valence-corrected chi connectivity index (χ1v) is 13.9. The third kappa shape index (κ3) is 5.61. The predicted octanol–water partition coefficient (Wildman–Crippen LogP) is 5.64. The summed E-state index contributed by atoms with van der Waals surface area (Å²) in [7, 11) is 0. The summed E-state index contributed by atoms with van der Waals surface area (Å²) in [6, 6.07) is 6.76. The van der Waals surface area contributed by atoms with E-state index in [4.69, 9.17) is 16.3 Å². The average Bonchev–Trinajstić information content (AvgIpc) is 3.81. The SMILES string of the molecule is O=c1c(Cl)c(NC[C@@H]2COC[C@H]3C[C@@H]23)cnn1C1CCC(N(c2ccc(OC(F)(F)F)cc2)C2CC2)CC1. The molecule has 11 heteroatoms. The van der Waals surface area contributed by atoms with Crippen LogP contribution in [0, 0.1) is 17.8 Å². The Labute approximate surface area is 224 Å². The first-order chi connectivity index (χ1) is 18.3. The topological polar surface area (TPSA) is 68.6 Å². The molecule has 1 aromatic heterocycles. The number of fused-ring (bicyclic) bond motifs is 1. The zero-order valence-electron chi connectivity index (χ0n) is 21.0. The monoisotopic (exact) mass is 552 g/mol. The Bertz CT molecular complexity index is 1200. The lowest BCUT2D eigenvalue weighted by molar-refractivity contribution is -0.274. The second kappa shape index (κ2) is 10.3. The fourth-order valence-corrected chi connectivity index (χ4v) is 6.49. The summed E-state index contributed by atoms with van der Waals surface area (Å²) < 4.78 is 48.8. The lowest BCUT2D eigenvalue weighted by Crippen LogP contribution is -2.41. The molecule has 4 fully saturated rings. The molecule has 7 nitrogen and oxygen atoms in total. The standard InChI is InChI=1S/C27H32ClF3N4O3/c28-25-24(32-12-17-15-37-14-16-11-23(16)17)13-33-35(26(25)36)21-5-3-19(4-6-21)34(18-1-2-18)20-7-9-22(10-8-20)38-27(29,30)31/h7-10,13,16-19,21,23,32H,1-6,11-12,14-15H2/t16-,17-,19?,21?,23-/m1/s1. The fraction of sp³-hybridized carbons (Fsp3) is 0.630. The van der Waals surface area contributed by atoms with Gasteiger partial charge in [0.1, 0.15) is 10.8 Å². The maximum Gasteiger partial charge on any atom is 0.573 e. The number of anilines is 2. The highest BCUT2D eigenvalue weighted by Crippen LogP contribution is 2.47. The van der Waals surface area contributed by atoms with Crippen LogP contribution in [0.5, 0.6) is 5.75 Å². The van der Waals surface area contributed by atoms with Crippen LogP contribution in [-0.2, 0) is 4.74 Å². The van der Waals surface area contributed by atoms with Crippen LogP contribution in [0.25, 0.3) is 0 Å². The summed E-state index contributed by atoms with van der Waals surface area (Å²) in [6.07, 6.45) is 3.59. The summed E-state index contributed by atoms with van der Waals surface area (Å²) in [5, 5.41) is 7.97. The van der Waals surface area contributed by atoms with Crippen LogP contribution < -0.4 is 20.5 Å². The number of aromatic nitrogens is 2. The molecule has 206 valence electrons. The number of nitrogens with one attached hydrogen (secondary N) is 1.